The number of hydrogen-bond donors (Lipinski definition) is 1. The summed E-state index contributed by atoms with van der Waals surface area (Å²) < 4.78 is 78.6. The molecule has 0 fully saturated rings. The third-order valence-electron chi connectivity index (χ3n) is 2.63. The minimum absolute atomic E-state index is 0.0641. The lowest BCUT2D eigenvalue weighted by Gasteiger charge is -2.20. The van der Waals surface area contributed by atoms with Crippen LogP contribution in [0.2, 0.25) is 0 Å². The topological polar surface area (TPSA) is 35.2 Å². The van der Waals surface area contributed by atoms with E-state index in [4.69, 9.17) is 5.73 Å². The van der Waals surface area contributed by atoms with Crippen LogP contribution < -0.4 is 5.73 Å². The van der Waals surface area contributed by atoms with E-state index in [-0.39, 0.29) is 5.56 Å². The number of hydrogen-bond acceptors (Lipinski definition) is 2. The van der Waals surface area contributed by atoms with Gasteiger partial charge >= 0.3 is 12.4 Å². The van der Waals surface area contributed by atoms with Crippen molar-refractivity contribution < 1.29 is 31.1 Å². The lowest BCUT2D eigenvalue weighted by Crippen LogP contribution is -2.31. The Balaban J connectivity index is 2.71. The molecule has 0 spiro atoms. The van der Waals surface area contributed by atoms with Crippen LogP contribution in [0, 0.1) is 0 Å². The molecule has 2 atom stereocenters. The molecular formula is C12H13F6NO. The first-order valence-electron chi connectivity index (χ1n) is 5.63. The molecule has 0 radical (unpaired) electrons. The molecule has 1 rings (SSSR count). The minimum Gasteiger partial charge on any atom is -0.367 e. The molecule has 0 aliphatic carbocycles. The van der Waals surface area contributed by atoms with E-state index < -0.39 is 36.7 Å². The van der Waals surface area contributed by atoms with Crippen molar-refractivity contribution >= 4 is 0 Å². The van der Waals surface area contributed by atoms with Crippen LogP contribution in [-0.2, 0) is 10.9 Å². The Kier molecular flexibility index (Phi) is 5.04. The molecule has 0 bridgehead atoms. The van der Waals surface area contributed by atoms with Crippen LogP contribution in [0.3, 0.4) is 0 Å². The maximum absolute atomic E-state index is 12.5. The van der Waals surface area contributed by atoms with E-state index >= 15 is 0 Å². The van der Waals surface area contributed by atoms with Crippen molar-refractivity contribution in [2.24, 2.45) is 5.73 Å². The van der Waals surface area contributed by atoms with Crippen LogP contribution >= 0.6 is 0 Å². The van der Waals surface area contributed by atoms with Crippen molar-refractivity contribution in [1.29, 1.82) is 0 Å². The fraction of sp³-hybridized carbons (Fsp3) is 0.500. The van der Waals surface area contributed by atoms with Gasteiger partial charge in [-0.2, -0.15) is 26.3 Å². The highest BCUT2D eigenvalue weighted by Gasteiger charge is 2.37. The second-order valence-corrected chi connectivity index (χ2v) is 4.25. The number of benzene rings is 1. The number of ether oxygens (including phenoxy) is 1. The fourth-order valence-corrected chi connectivity index (χ4v) is 1.38. The van der Waals surface area contributed by atoms with Gasteiger partial charge in [-0.15, -0.1) is 0 Å². The molecule has 0 aliphatic rings. The predicted octanol–water partition coefficient (Wildman–Crippen LogP) is 3.67. The second-order valence-electron chi connectivity index (χ2n) is 4.25. The van der Waals surface area contributed by atoms with Gasteiger partial charge in [-0.25, -0.2) is 0 Å². The summed E-state index contributed by atoms with van der Waals surface area (Å²) in [4.78, 5) is 0. The molecule has 0 amide bonds. The van der Waals surface area contributed by atoms with Gasteiger partial charge in [0, 0.05) is 0 Å². The summed E-state index contributed by atoms with van der Waals surface area (Å²) >= 11 is 0. The van der Waals surface area contributed by atoms with Gasteiger partial charge in [0.25, 0.3) is 0 Å². The van der Waals surface area contributed by atoms with Gasteiger partial charge in [0.05, 0.1) is 18.2 Å². The monoisotopic (exact) mass is 301 g/mol. The summed E-state index contributed by atoms with van der Waals surface area (Å²) in [7, 11) is 0. The quantitative estimate of drug-likeness (QED) is 0.861. The summed E-state index contributed by atoms with van der Waals surface area (Å²) in [6.45, 7) is 0.279. The van der Waals surface area contributed by atoms with Crippen molar-refractivity contribution in [2.45, 2.75) is 31.4 Å². The molecular weight excluding hydrogens is 288 g/mol. The van der Waals surface area contributed by atoms with Crippen LogP contribution in [-0.4, -0.2) is 18.9 Å². The molecule has 8 heteroatoms. The molecule has 1 aromatic rings. The van der Waals surface area contributed by atoms with Gasteiger partial charge < -0.3 is 10.5 Å². The summed E-state index contributed by atoms with van der Waals surface area (Å²) in [5.74, 6) is 0. The molecule has 2 N–H and O–H groups in total. The molecule has 0 saturated carbocycles. The first kappa shape index (κ1) is 16.8. The zero-order valence-electron chi connectivity index (χ0n) is 10.4. The van der Waals surface area contributed by atoms with Crippen LogP contribution in [0.15, 0.2) is 24.3 Å². The largest absolute Gasteiger partial charge is 0.416 e. The minimum atomic E-state index is -4.53. The molecule has 0 aromatic heterocycles. The molecule has 0 aliphatic heterocycles. The number of alkyl halides is 6. The average molecular weight is 301 g/mol. The molecule has 0 saturated heterocycles. The Labute approximate surface area is 111 Å². The molecule has 0 heterocycles. The first-order chi connectivity index (χ1) is 9.01. The highest BCUT2D eigenvalue weighted by Crippen LogP contribution is 2.30. The third-order valence-corrected chi connectivity index (χ3v) is 2.63. The zero-order valence-corrected chi connectivity index (χ0v) is 10.4. The Bertz CT molecular complexity index is 442. The maximum atomic E-state index is 12.5. The lowest BCUT2D eigenvalue weighted by atomic mass is 10.0. The highest BCUT2D eigenvalue weighted by molar-refractivity contribution is 5.27. The van der Waals surface area contributed by atoms with Gasteiger partial charge in [-0.05, 0) is 24.6 Å². The first-order valence-corrected chi connectivity index (χ1v) is 5.63. The van der Waals surface area contributed by atoms with Crippen molar-refractivity contribution in [3.63, 3.8) is 0 Å². The third kappa shape index (κ3) is 4.68. The summed E-state index contributed by atoms with van der Waals surface area (Å²) in [6.07, 6.45) is -11.1. The molecule has 2 unspecified atom stereocenters. The van der Waals surface area contributed by atoms with E-state index in [1.54, 1.807) is 0 Å². The zero-order chi connectivity index (χ0) is 15.6. The van der Waals surface area contributed by atoms with Crippen molar-refractivity contribution in [3.05, 3.63) is 35.4 Å². The fourth-order valence-electron chi connectivity index (χ4n) is 1.38. The number of halogens is 6. The van der Waals surface area contributed by atoms with Crippen LogP contribution in [0.5, 0.6) is 0 Å². The second kappa shape index (κ2) is 6.01. The normalized spacial score (nSPS) is 16.0. The van der Waals surface area contributed by atoms with Gasteiger partial charge in [0.2, 0.25) is 0 Å². The maximum Gasteiger partial charge on any atom is 0.416 e. The van der Waals surface area contributed by atoms with Crippen LogP contribution in [0.25, 0.3) is 0 Å². The highest BCUT2D eigenvalue weighted by atomic mass is 19.4. The average Bonchev–Trinajstić information content (AvgIpc) is 2.33. The Morgan fingerprint density at radius 3 is 2.25 bits per heavy atom. The summed E-state index contributed by atoms with van der Waals surface area (Å²) in [6, 6.07) is 3.04. The van der Waals surface area contributed by atoms with Crippen molar-refractivity contribution in [2.75, 3.05) is 6.61 Å². The van der Waals surface area contributed by atoms with E-state index in [1.807, 2.05) is 0 Å². The Hall–Kier alpha value is -1.28. The van der Waals surface area contributed by atoms with Crippen LogP contribution in [0.1, 0.15) is 24.1 Å². The van der Waals surface area contributed by atoms with E-state index in [1.165, 1.54) is 6.07 Å². The van der Waals surface area contributed by atoms with Gasteiger partial charge in [-0.1, -0.05) is 12.1 Å². The Morgan fingerprint density at radius 2 is 1.75 bits per heavy atom. The number of rotatable bonds is 4. The standard InChI is InChI=1S/C12H13F6NO/c1-7(11(13,14)15)20-6-10(19)8-3-2-4-9(5-8)12(16,17)18/h2-5,7,10H,6,19H2,1H3. The van der Waals surface area contributed by atoms with E-state index in [2.05, 4.69) is 4.74 Å². The number of nitrogens with two attached hydrogens (primary N) is 1. The molecule has 2 nitrogen and oxygen atoms in total. The predicted molar refractivity (Wildman–Crippen MR) is 59.8 cm³/mol. The van der Waals surface area contributed by atoms with Crippen molar-refractivity contribution in [3.8, 4) is 0 Å². The van der Waals surface area contributed by atoms with E-state index in [0.717, 1.165) is 25.1 Å². The molecule has 1 aromatic carbocycles. The summed E-state index contributed by atoms with van der Waals surface area (Å²) in [5.41, 5.74) is 4.70. The van der Waals surface area contributed by atoms with Crippen LogP contribution in [0.4, 0.5) is 26.3 Å². The van der Waals surface area contributed by atoms with Gasteiger partial charge in [0.15, 0.2) is 6.10 Å². The summed E-state index contributed by atoms with van der Waals surface area (Å²) in [5, 5.41) is 0. The van der Waals surface area contributed by atoms with E-state index in [9.17, 15) is 26.3 Å². The SMILES string of the molecule is CC(OCC(N)c1cccc(C(F)(F)F)c1)C(F)(F)F. The Morgan fingerprint density at radius 1 is 1.15 bits per heavy atom. The van der Waals surface area contributed by atoms with E-state index in [0.29, 0.717) is 0 Å². The molecule has 20 heavy (non-hydrogen) atoms. The lowest BCUT2D eigenvalue weighted by molar-refractivity contribution is -0.215. The molecule has 114 valence electrons. The smallest absolute Gasteiger partial charge is 0.367 e. The van der Waals surface area contributed by atoms with Crippen molar-refractivity contribution in [1.82, 2.24) is 0 Å². The van der Waals surface area contributed by atoms with Gasteiger partial charge in [0.1, 0.15) is 0 Å². The van der Waals surface area contributed by atoms with Gasteiger partial charge in [-0.3, -0.25) is 0 Å².